The number of aliphatic hydroxyl groups excluding tert-OH is 1. The first-order chi connectivity index (χ1) is 9.19. The van der Waals surface area contributed by atoms with Gasteiger partial charge in [-0.15, -0.1) is 0 Å². The van der Waals surface area contributed by atoms with Crippen LogP contribution in [0, 0.1) is 5.92 Å². The molecule has 4 nitrogen and oxygen atoms in total. The van der Waals surface area contributed by atoms with E-state index in [1.807, 2.05) is 34.9 Å². The predicted molar refractivity (Wildman–Crippen MR) is 72.5 cm³/mol. The molecule has 2 aliphatic carbocycles. The van der Waals surface area contributed by atoms with E-state index in [4.69, 9.17) is 0 Å². The van der Waals surface area contributed by atoms with Crippen molar-refractivity contribution in [2.75, 3.05) is 6.54 Å². The lowest BCUT2D eigenvalue weighted by Crippen LogP contribution is -2.35. The molecular weight excluding hydrogens is 240 g/mol. The van der Waals surface area contributed by atoms with Gasteiger partial charge in [-0.3, -0.25) is 4.79 Å². The van der Waals surface area contributed by atoms with Crippen LogP contribution >= 0.6 is 0 Å². The average Bonchev–Trinajstić information content (AvgIpc) is 3.28. The van der Waals surface area contributed by atoms with Crippen LogP contribution < -0.4 is 0 Å². The maximum atomic E-state index is 12.2. The summed E-state index contributed by atoms with van der Waals surface area (Å²) in [5.41, 5.74) is 0.949. The molecule has 1 atom stereocenters. The zero-order valence-corrected chi connectivity index (χ0v) is 11.5. The summed E-state index contributed by atoms with van der Waals surface area (Å²) in [5.74, 6) is 0.623. The standard InChI is InChI=1S/C15H22N2O2/c1-2-17(13-5-6-13)14(18)10-16-8-7-12(9-16)15(19)11-3-4-11/h7-9,11,13,15,19H,2-6,10H2,1H3. The van der Waals surface area contributed by atoms with Gasteiger partial charge in [0.25, 0.3) is 0 Å². The molecule has 2 fully saturated rings. The van der Waals surface area contributed by atoms with Crippen molar-refractivity contribution in [3.63, 3.8) is 0 Å². The first kappa shape index (κ1) is 12.7. The third kappa shape index (κ3) is 2.84. The summed E-state index contributed by atoms with van der Waals surface area (Å²) in [5, 5.41) is 10.1. The van der Waals surface area contributed by atoms with Crippen LogP contribution in [0.4, 0.5) is 0 Å². The smallest absolute Gasteiger partial charge is 0.242 e. The molecule has 2 saturated carbocycles. The molecule has 0 aromatic carbocycles. The lowest BCUT2D eigenvalue weighted by Gasteiger charge is -2.20. The van der Waals surface area contributed by atoms with Gasteiger partial charge in [0.15, 0.2) is 0 Å². The van der Waals surface area contributed by atoms with Crippen LogP contribution in [0.1, 0.15) is 44.3 Å². The van der Waals surface area contributed by atoms with Crippen molar-refractivity contribution in [2.24, 2.45) is 5.92 Å². The van der Waals surface area contributed by atoms with E-state index in [9.17, 15) is 9.90 Å². The highest BCUT2D eigenvalue weighted by Crippen LogP contribution is 2.40. The number of carbonyl (C=O) groups excluding carboxylic acids is 1. The Morgan fingerprint density at radius 2 is 2.21 bits per heavy atom. The Hall–Kier alpha value is -1.29. The van der Waals surface area contributed by atoms with Gasteiger partial charge in [0.2, 0.25) is 5.91 Å². The molecule has 1 N–H and O–H groups in total. The van der Waals surface area contributed by atoms with E-state index in [1.54, 1.807) is 0 Å². The molecule has 0 bridgehead atoms. The summed E-state index contributed by atoms with van der Waals surface area (Å²) in [6.45, 7) is 3.22. The molecule has 0 spiro atoms. The maximum Gasteiger partial charge on any atom is 0.242 e. The van der Waals surface area contributed by atoms with Gasteiger partial charge in [0.1, 0.15) is 6.54 Å². The molecule has 1 heterocycles. The Balaban J connectivity index is 1.61. The monoisotopic (exact) mass is 262 g/mol. The first-order valence-electron chi connectivity index (χ1n) is 7.32. The molecule has 1 amide bonds. The van der Waals surface area contributed by atoms with Crippen LogP contribution in [0.5, 0.6) is 0 Å². The zero-order valence-electron chi connectivity index (χ0n) is 11.5. The normalized spacial score (nSPS) is 20.3. The van der Waals surface area contributed by atoms with E-state index in [-0.39, 0.29) is 12.0 Å². The van der Waals surface area contributed by atoms with E-state index < -0.39 is 0 Å². The Kier molecular flexibility index (Phi) is 3.35. The number of rotatable bonds is 6. The van der Waals surface area contributed by atoms with Gasteiger partial charge in [-0.05, 0) is 50.2 Å². The van der Waals surface area contributed by atoms with Crippen molar-refractivity contribution in [3.05, 3.63) is 24.0 Å². The highest BCUT2D eigenvalue weighted by Gasteiger charge is 2.32. The first-order valence-corrected chi connectivity index (χ1v) is 7.32. The van der Waals surface area contributed by atoms with E-state index in [2.05, 4.69) is 0 Å². The quantitative estimate of drug-likeness (QED) is 0.851. The second kappa shape index (κ2) is 5.00. The molecule has 3 rings (SSSR count). The average molecular weight is 262 g/mol. The van der Waals surface area contributed by atoms with Crippen LogP contribution in [0.15, 0.2) is 18.5 Å². The molecular formula is C15H22N2O2. The number of carbonyl (C=O) groups is 1. The third-order valence-corrected chi connectivity index (χ3v) is 4.15. The van der Waals surface area contributed by atoms with Crippen LogP contribution in [-0.4, -0.2) is 33.1 Å². The number of amides is 1. The van der Waals surface area contributed by atoms with E-state index >= 15 is 0 Å². The van der Waals surface area contributed by atoms with Crippen LogP contribution in [0.25, 0.3) is 0 Å². The Labute approximate surface area is 114 Å². The van der Waals surface area contributed by atoms with E-state index in [1.165, 1.54) is 0 Å². The number of aliphatic hydroxyl groups is 1. The topological polar surface area (TPSA) is 45.5 Å². The van der Waals surface area contributed by atoms with E-state index in [0.29, 0.717) is 18.5 Å². The zero-order chi connectivity index (χ0) is 13.4. The second-order valence-electron chi connectivity index (χ2n) is 5.81. The summed E-state index contributed by atoms with van der Waals surface area (Å²) in [6, 6.07) is 2.41. The second-order valence-corrected chi connectivity index (χ2v) is 5.81. The van der Waals surface area contributed by atoms with Gasteiger partial charge in [-0.1, -0.05) is 0 Å². The molecule has 2 aliphatic rings. The van der Waals surface area contributed by atoms with Crippen LogP contribution in [0.3, 0.4) is 0 Å². The number of aromatic nitrogens is 1. The summed E-state index contributed by atoms with van der Waals surface area (Å²) in [4.78, 5) is 14.2. The lowest BCUT2D eigenvalue weighted by atomic mass is 10.1. The fraction of sp³-hybridized carbons (Fsp3) is 0.667. The summed E-state index contributed by atoms with van der Waals surface area (Å²) >= 11 is 0. The summed E-state index contributed by atoms with van der Waals surface area (Å²) < 4.78 is 1.90. The predicted octanol–water partition coefficient (Wildman–Crippen LogP) is 1.94. The minimum absolute atomic E-state index is 0.188. The van der Waals surface area contributed by atoms with Gasteiger partial charge >= 0.3 is 0 Å². The van der Waals surface area contributed by atoms with Gasteiger partial charge < -0.3 is 14.6 Å². The molecule has 0 radical (unpaired) electrons. The Bertz CT molecular complexity index is 460. The van der Waals surface area contributed by atoms with Crippen LogP contribution in [0.2, 0.25) is 0 Å². The number of nitrogens with zero attached hydrogens (tertiary/aromatic N) is 2. The van der Waals surface area contributed by atoms with Crippen molar-refractivity contribution in [3.8, 4) is 0 Å². The Morgan fingerprint density at radius 1 is 1.47 bits per heavy atom. The highest BCUT2D eigenvalue weighted by molar-refractivity contribution is 5.76. The Morgan fingerprint density at radius 3 is 2.79 bits per heavy atom. The van der Waals surface area contributed by atoms with Crippen molar-refractivity contribution in [1.29, 1.82) is 0 Å². The molecule has 19 heavy (non-hydrogen) atoms. The van der Waals surface area contributed by atoms with Gasteiger partial charge in [0.05, 0.1) is 6.10 Å². The fourth-order valence-corrected chi connectivity index (χ4v) is 2.69. The maximum absolute atomic E-state index is 12.2. The number of likely N-dealkylation sites (N-methyl/N-ethyl adjacent to an activating group) is 1. The highest BCUT2D eigenvalue weighted by atomic mass is 16.3. The molecule has 0 aliphatic heterocycles. The molecule has 104 valence electrons. The third-order valence-electron chi connectivity index (χ3n) is 4.15. The fourth-order valence-electron chi connectivity index (χ4n) is 2.69. The SMILES string of the molecule is CCN(C(=O)Cn1ccc(C(O)C2CC2)c1)C1CC1. The van der Waals surface area contributed by atoms with Crippen molar-refractivity contribution in [1.82, 2.24) is 9.47 Å². The van der Waals surface area contributed by atoms with Gasteiger partial charge in [-0.25, -0.2) is 0 Å². The number of hydrogen-bond donors (Lipinski definition) is 1. The van der Waals surface area contributed by atoms with E-state index in [0.717, 1.165) is 37.8 Å². The van der Waals surface area contributed by atoms with Crippen LogP contribution in [-0.2, 0) is 11.3 Å². The molecule has 0 saturated heterocycles. The minimum atomic E-state index is -0.345. The summed E-state index contributed by atoms with van der Waals surface area (Å²) in [7, 11) is 0. The lowest BCUT2D eigenvalue weighted by molar-refractivity contribution is -0.132. The minimum Gasteiger partial charge on any atom is -0.388 e. The number of hydrogen-bond acceptors (Lipinski definition) is 2. The summed E-state index contributed by atoms with van der Waals surface area (Å²) in [6.07, 6.45) is 8.02. The molecule has 1 unspecified atom stereocenters. The largest absolute Gasteiger partial charge is 0.388 e. The van der Waals surface area contributed by atoms with Gasteiger partial charge in [-0.2, -0.15) is 0 Å². The molecule has 1 aromatic rings. The van der Waals surface area contributed by atoms with Crippen molar-refractivity contribution < 1.29 is 9.90 Å². The van der Waals surface area contributed by atoms with Gasteiger partial charge in [0, 0.05) is 25.0 Å². The molecule has 1 aromatic heterocycles. The van der Waals surface area contributed by atoms with Crippen molar-refractivity contribution >= 4 is 5.91 Å². The van der Waals surface area contributed by atoms with Crippen molar-refractivity contribution in [2.45, 2.75) is 51.3 Å². The molecule has 4 heteroatoms.